The number of rotatable bonds is 5. The van der Waals surface area contributed by atoms with Gasteiger partial charge in [0.05, 0.1) is 18.2 Å². The fraction of sp³-hybridized carbons (Fsp3) is 0.500. The maximum atomic E-state index is 13.3. The van der Waals surface area contributed by atoms with Gasteiger partial charge in [-0.05, 0) is 42.0 Å². The van der Waals surface area contributed by atoms with Gasteiger partial charge in [-0.25, -0.2) is 4.39 Å². The first-order valence-corrected chi connectivity index (χ1v) is 9.37. The fourth-order valence-corrected chi connectivity index (χ4v) is 4.11. The standard InChI is InChI=1S/C20H25FN4O/c1-25-12-15(9-23-25)17-10-22-11-18(17)20(26)24-19(13-3-2-4-13)14-5-7-16(21)8-6-14/h5-9,12-13,17-19,22H,2-4,10-11H2,1H3,(H,24,26)/t17-,18+,19?/m1/s1. The summed E-state index contributed by atoms with van der Waals surface area (Å²) < 4.78 is 15.1. The minimum atomic E-state index is -0.246. The average molecular weight is 356 g/mol. The van der Waals surface area contributed by atoms with Gasteiger partial charge in [-0.1, -0.05) is 18.6 Å². The Bertz CT molecular complexity index is 768. The van der Waals surface area contributed by atoms with Crippen LogP contribution in [-0.4, -0.2) is 28.8 Å². The van der Waals surface area contributed by atoms with Crippen molar-refractivity contribution in [2.45, 2.75) is 31.2 Å². The molecular weight excluding hydrogens is 331 g/mol. The second-order valence-corrected chi connectivity index (χ2v) is 7.55. The van der Waals surface area contributed by atoms with Gasteiger partial charge >= 0.3 is 0 Å². The second-order valence-electron chi connectivity index (χ2n) is 7.55. The van der Waals surface area contributed by atoms with Gasteiger partial charge in [0.25, 0.3) is 0 Å². The molecule has 4 rings (SSSR count). The van der Waals surface area contributed by atoms with E-state index < -0.39 is 0 Å². The van der Waals surface area contributed by atoms with E-state index in [2.05, 4.69) is 15.7 Å². The molecule has 1 aromatic heterocycles. The Kier molecular flexibility index (Phi) is 4.76. The Morgan fingerprint density at radius 3 is 2.69 bits per heavy atom. The molecule has 6 heteroatoms. The smallest absolute Gasteiger partial charge is 0.225 e. The van der Waals surface area contributed by atoms with Crippen LogP contribution in [0.4, 0.5) is 4.39 Å². The van der Waals surface area contributed by atoms with Crippen LogP contribution in [0.5, 0.6) is 0 Å². The Hall–Kier alpha value is -2.21. The van der Waals surface area contributed by atoms with Gasteiger partial charge in [-0.2, -0.15) is 5.10 Å². The van der Waals surface area contributed by atoms with Crippen LogP contribution in [0.25, 0.3) is 0 Å². The monoisotopic (exact) mass is 356 g/mol. The minimum absolute atomic E-state index is 0.0352. The van der Waals surface area contributed by atoms with Gasteiger partial charge in [0.1, 0.15) is 5.82 Å². The zero-order valence-corrected chi connectivity index (χ0v) is 15.0. The van der Waals surface area contributed by atoms with Crippen molar-refractivity contribution in [3.63, 3.8) is 0 Å². The third kappa shape index (κ3) is 3.38. The summed E-state index contributed by atoms with van der Waals surface area (Å²) >= 11 is 0. The van der Waals surface area contributed by atoms with Crippen molar-refractivity contribution in [3.8, 4) is 0 Å². The van der Waals surface area contributed by atoms with Gasteiger partial charge in [0, 0.05) is 32.3 Å². The van der Waals surface area contributed by atoms with E-state index in [1.165, 1.54) is 18.6 Å². The number of aryl methyl sites for hydroxylation is 1. The van der Waals surface area contributed by atoms with E-state index in [9.17, 15) is 9.18 Å². The van der Waals surface area contributed by atoms with Gasteiger partial charge < -0.3 is 10.6 Å². The van der Waals surface area contributed by atoms with Crippen molar-refractivity contribution < 1.29 is 9.18 Å². The van der Waals surface area contributed by atoms with Crippen molar-refractivity contribution in [2.24, 2.45) is 18.9 Å². The molecule has 1 saturated heterocycles. The fourth-order valence-electron chi connectivity index (χ4n) is 4.11. The Labute approximate surface area is 153 Å². The first-order valence-electron chi connectivity index (χ1n) is 9.37. The predicted octanol–water partition coefficient (Wildman–Crippen LogP) is 2.52. The third-order valence-electron chi connectivity index (χ3n) is 5.85. The van der Waals surface area contributed by atoms with Crippen LogP contribution in [0.15, 0.2) is 36.7 Å². The molecule has 2 N–H and O–H groups in total. The van der Waals surface area contributed by atoms with Crippen molar-refractivity contribution in [1.82, 2.24) is 20.4 Å². The van der Waals surface area contributed by atoms with Crippen molar-refractivity contribution in [3.05, 3.63) is 53.6 Å². The molecular formula is C20H25FN4O. The number of nitrogens with one attached hydrogen (secondary N) is 2. The number of benzene rings is 1. The predicted molar refractivity (Wildman–Crippen MR) is 96.9 cm³/mol. The maximum Gasteiger partial charge on any atom is 0.225 e. The van der Waals surface area contributed by atoms with E-state index >= 15 is 0 Å². The van der Waals surface area contributed by atoms with Crippen LogP contribution >= 0.6 is 0 Å². The second kappa shape index (κ2) is 7.19. The molecule has 0 radical (unpaired) electrons. The SMILES string of the molecule is Cn1cc([C@H]2CNC[C@@H]2C(=O)NC(c2ccc(F)cc2)C2CCC2)cn1. The van der Waals surface area contributed by atoms with E-state index in [4.69, 9.17) is 0 Å². The third-order valence-corrected chi connectivity index (χ3v) is 5.85. The number of hydrogen-bond acceptors (Lipinski definition) is 3. The Morgan fingerprint density at radius 1 is 1.31 bits per heavy atom. The lowest BCUT2D eigenvalue weighted by Gasteiger charge is -2.35. The van der Waals surface area contributed by atoms with Crippen molar-refractivity contribution >= 4 is 5.91 Å². The highest BCUT2D eigenvalue weighted by molar-refractivity contribution is 5.81. The van der Waals surface area contributed by atoms with Gasteiger partial charge in [-0.3, -0.25) is 9.48 Å². The van der Waals surface area contributed by atoms with Crippen LogP contribution in [-0.2, 0) is 11.8 Å². The minimum Gasteiger partial charge on any atom is -0.349 e. The van der Waals surface area contributed by atoms with Gasteiger partial charge in [-0.15, -0.1) is 0 Å². The zero-order chi connectivity index (χ0) is 18.1. The first-order chi connectivity index (χ1) is 12.6. The molecule has 138 valence electrons. The number of nitrogens with zero attached hydrogens (tertiary/aromatic N) is 2. The highest BCUT2D eigenvalue weighted by Gasteiger charge is 2.37. The molecule has 1 aliphatic heterocycles. The number of amides is 1. The summed E-state index contributed by atoms with van der Waals surface area (Å²) in [6.07, 6.45) is 7.25. The number of hydrogen-bond donors (Lipinski definition) is 2. The molecule has 0 bridgehead atoms. The summed E-state index contributed by atoms with van der Waals surface area (Å²) in [4.78, 5) is 13.1. The molecule has 1 aliphatic carbocycles. The Morgan fingerprint density at radius 2 is 2.08 bits per heavy atom. The molecule has 2 aliphatic rings. The molecule has 26 heavy (non-hydrogen) atoms. The van der Waals surface area contributed by atoms with Crippen molar-refractivity contribution in [2.75, 3.05) is 13.1 Å². The molecule has 1 aromatic carbocycles. The lowest BCUT2D eigenvalue weighted by molar-refractivity contribution is -0.126. The summed E-state index contributed by atoms with van der Waals surface area (Å²) in [5.74, 6) is 0.297. The normalized spacial score (nSPS) is 24.2. The quantitative estimate of drug-likeness (QED) is 0.865. The molecule has 2 heterocycles. The molecule has 3 atom stereocenters. The summed E-state index contributed by atoms with van der Waals surface area (Å²) in [7, 11) is 1.89. The van der Waals surface area contributed by atoms with Crippen molar-refractivity contribution in [1.29, 1.82) is 0 Å². The molecule has 1 unspecified atom stereocenters. The van der Waals surface area contributed by atoms with Gasteiger partial charge in [0.15, 0.2) is 0 Å². The molecule has 2 fully saturated rings. The maximum absolute atomic E-state index is 13.3. The van der Waals surface area contributed by atoms with E-state index in [-0.39, 0.29) is 29.6 Å². The van der Waals surface area contributed by atoms with E-state index in [0.717, 1.165) is 30.5 Å². The van der Waals surface area contributed by atoms with Crippen LogP contribution < -0.4 is 10.6 Å². The average Bonchev–Trinajstić information content (AvgIpc) is 3.22. The Balaban J connectivity index is 1.51. The van der Waals surface area contributed by atoms with Crippen LogP contribution in [0, 0.1) is 17.7 Å². The lowest BCUT2D eigenvalue weighted by Crippen LogP contribution is -2.41. The number of carbonyl (C=O) groups excluding carboxylic acids is 1. The number of halogens is 1. The molecule has 1 amide bonds. The van der Waals surface area contributed by atoms with E-state index in [0.29, 0.717) is 12.5 Å². The van der Waals surface area contributed by atoms with E-state index in [1.54, 1.807) is 16.8 Å². The van der Waals surface area contributed by atoms with Gasteiger partial charge in [0.2, 0.25) is 5.91 Å². The van der Waals surface area contributed by atoms with Crippen LogP contribution in [0.3, 0.4) is 0 Å². The zero-order valence-electron chi connectivity index (χ0n) is 15.0. The first kappa shape index (κ1) is 17.2. The molecule has 5 nitrogen and oxygen atoms in total. The highest BCUT2D eigenvalue weighted by atomic mass is 19.1. The summed E-state index contributed by atoms with van der Waals surface area (Å²) in [5.41, 5.74) is 2.09. The van der Waals surface area contributed by atoms with E-state index in [1.807, 2.05) is 19.4 Å². The topological polar surface area (TPSA) is 59.0 Å². The number of carbonyl (C=O) groups is 1. The lowest BCUT2D eigenvalue weighted by atomic mass is 9.76. The molecule has 2 aromatic rings. The summed E-state index contributed by atoms with van der Waals surface area (Å²) in [6, 6.07) is 6.51. The largest absolute Gasteiger partial charge is 0.349 e. The molecule has 1 saturated carbocycles. The highest BCUT2D eigenvalue weighted by Crippen LogP contribution is 2.38. The van der Waals surface area contributed by atoms with Crippen LogP contribution in [0.1, 0.15) is 42.3 Å². The van der Waals surface area contributed by atoms with Crippen LogP contribution in [0.2, 0.25) is 0 Å². The molecule has 0 spiro atoms. The number of aromatic nitrogens is 2. The summed E-state index contributed by atoms with van der Waals surface area (Å²) in [5, 5.41) is 10.9. The summed E-state index contributed by atoms with van der Waals surface area (Å²) in [6.45, 7) is 1.46.